The van der Waals surface area contributed by atoms with E-state index in [4.69, 9.17) is 22.8 Å². The molecule has 0 aliphatic carbocycles. The van der Waals surface area contributed by atoms with Gasteiger partial charge < -0.3 is 22.8 Å². The number of hydrogen-bond donors (Lipinski definition) is 0. The van der Waals surface area contributed by atoms with Crippen molar-refractivity contribution in [2.75, 3.05) is 33.0 Å². The molecule has 118 valence electrons. The fourth-order valence-electron chi connectivity index (χ4n) is 2.15. The summed E-state index contributed by atoms with van der Waals surface area (Å²) in [6.45, 7) is 8.77. The summed E-state index contributed by atoms with van der Waals surface area (Å²) in [6, 6.07) is 5.84. The Morgan fingerprint density at radius 2 is 1.71 bits per heavy atom. The molecule has 0 unspecified atom stereocenters. The first-order valence-electron chi connectivity index (χ1n) is 7.58. The van der Waals surface area contributed by atoms with E-state index in [0.717, 1.165) is 29.7 Å². The van der Waals surface area contributed by atoms with Gasteiger partial charge in [-0.2, -0.15) is 0 Å². The minimum Gasteiger partial charge on any atom is -0.449 e. The van der Waals surface area contributed by atoms with Gasteiger partial charge in [-0.05, 0) is 26.3 Å². The fourth-order valence-corrected chi connectivity index (χ4v) is 4.73. The molecule has 0 radical (unpaired) electrons. The average molecular weight is 312 g/mol. The second-order valence-corrected chi connectivity index (χ2v) is 7.14. The SMILES string of the molecule is CCCOCCO[Si](OCC)(OCC)c1cccc2c1O2. The first-order chi connectivity index (χ1) is 10.3. The van der Waals surface area contributed by atoms with E-state index in [0.29, 0.717) is 26.4 Å². The monoisotopic (exact) mass is 312 g/mol. The van der Waals surface area contributed by atoms with Gasteiger partial charge >= 0.3 is 8.80 Å². The Morgan fingerprint density at radius 3 is 2.38 bits per heavy atom. The zero-order valence-corrected chi connectivity index (χ0v) is 14.0. The highest BCUT2D eigenvalue weighted by Crippen LogP contribution is 2.44. The van der Waals surface area contributed by atoms with Gasteiger partial charge in [-0.3, -0.25) is 0 Å². The molecular formula is C15H24O5Si. The maximum absolute atomic E-state index is 6.05. The normalized spacial score (nSPS) is 12.9. The number of para-hydroxylation sites is 1. The summed E-state index contributed by atoms with van der Waals surface area (Å²) >= 11 is 0. The van der Waals surface area contributed by atoms with Gasteiger partial charge in [0.15, 0.2) is 11.5 Å². The van der Waals surface area contributed by atoms with Crippen LogP contribution in [0.5, 0.6) is 11.5 Å². The molecular weight excluding hydrogens is 288 g/mol. The second kappa shape index (κ2) is 7.91. The summed E-state index contributed by atoms with van der Waals surface area (Å²) in [5, 5.41) is 0.916. The van der Waals surface area contributed by atoms with E-state index in [1.807, 2.05) is 32.0 Å². The maximum atomic E-state index is 6.05. The molecule has 0 bridgehead atoms. The van der Waals surface area contributed by atoms with Crippen molar-refractivity contribution in [1.29, 1.82) is 0 Å². The smallest absolute Gasteiger partial charge is 0.449 e. The van der Waals surface area contributed by atoms with E-state index in [-0.39, 0.29) is 0 Å². The number of hydrogen-bond acceptors (Lipinski definition) is 5. The predicted octanol–water partition coefficient (Wildman–Crippen LogP) is 2.45. The Bertz CT molecular complexity index is 446. The first kappa shape index (κ1) is 16.4. The Labute approximate surface area is 127 Å². The molecule has 5 nitrogen and oxygen atoms in total. The van der Waals surface area contributed by atoms with Crippen molar-refractivity contribution in [1.82, 2.24) is 0 Å². The van der Waals surface area contributed by atoms with E-state index < -0.39 is 8.80 Å². The molecule has 1 aromatic carbocycles. The van der Waals surface area contributed by atoms with Gasteiger partial charge in [0.2, 0.25) is 0 Å². The van der Waals surface area contributed by atoms with Crippen molar-refractivity contribution < 1.29 is 22.8 Å². The van der Waals surface area contributed by atoms with Crippen LogP contribution < -0.4 is 9.92 Å². The van der Waals surface area contributed by atoms with Gasteiger partial charge in [0, 0.05) is 19.8 Å². The molecule has 1 aliphatic rings. The highest BCUT2D eigenvalue weighted by atomic mass is 28.4. The van der Waals surface area contributed by atoms with Crippen LogP contribution >= 0.6 is 0 Å². The minimum absolute atomic E-state index is 0.454. The molecule has 1 aromatic rings. The lowest BCUT2D eigenvalue weighted by molar-refractivity contribution is 0.0433. The maximum Gasteiger partial charge on any atom is 0.541 e. The van der Waals surface area contributed by atoms with Crippen LogP contribution in [-0.4, -0.2) is 41.8 Å². The molecule has 0 saturated heterocycles. The van der Waals surface area contributed by atoms with E-state index in [2.05, 4.69) is 6.92 Å². The predicted molar refractivity (Wildman–Crippen MR) is 82.2 cm³/mol. The molecule has 2 rings (SSSR count). The number of ether oxygens (including phenoxy) is 2. The van der Waals surface area contributed by atoms with Crippen LogP contribution in [0.15, 0.2) is 18.2 Å². The Hall–Kier alpha value is -0.923. The molecule has 0 fully saturated rings. The number of benzene rings is 1. The molecule has 0 spiro atoms. The second-order valence-electron chi connectivity index (χ2n) is 4.62. The number of fused-ring (bicyclic) bond motifs is 1. The van der Waals surface area contributed by atoms with Crippen LogP contribution in [0, 0.1) is 0 Å². The van der Waals surface area contributed by atoms with Crippen molar-refractivity contribution in [2.45, 2.75) is 27.2 Å². The Morgan fingerprint density at radius 1 is 0.952 bits per heavy atom. The Balaban J connectivity index is 2.08. The summed E-state index contributed by atoms with van der Waals surface area (Å²) in [5.41, 5.74) is 0. The van der Waals surface area contributed by atoms with Crippen molar-refractivity contribution in [3.05, 3.63) is 18.2 Å². The van der Waals surface area contributed by atoms with Crippen LogP contribution in [0.4, 0.5) is 0 Å². The summed E-state index contributed by atoms with van der Waals surface area (Å²) in [5.74, 6) is 1.73. The molecule has 0 aromatic heterocycles. The highest BCUT2D eigenvalue weighted by molar-refractivity contribution is 6.76. The van der Waals surface area contributed by atoms with Crippen molar-refractivity contribution in [3.8, 4) is 11.5 Å². The third-order valence-electron chi connectivity index (χ3n) is 3.02. The van der Waals surface area contributed by atoms with E-state index in [1.165, 1.54) is 0 Å². The van der Waals surface area contributed by atoms with Gasteiger partial charge in [0.25, 0.3) is 0 Å². The van der Waals surface area contributed by atoms with Gasteiger partial charge in [0.05, 0.1) is 18.4 Å². The topological polar surface area (TPSA) is 49.5 Å². The average Bonchev–Trinajstić information content (AvgIpc) is 3.26. The highest BCUT2D eigenvalue weighted by Gasteiger charge is 2.49. The van der Waals surface area contributed by atoms with Gasteiger partial charge in [-0.15, -0.1) is 0 Å². The summed E-state index contributed by atoms with van der Waals surface area (Å²) in [6.07, 6.45) is 1.000. The largest absolute Gasteiger partial charge is 0.541 e. The molecule has 0 atom stereocenters. The minimum atomic E-state index is -2.93. The lowest BCUT2D eigenvalue weighted by Crippen LogP contribution is -2.56. The van der Waals surface area contributed by atoms with Crippen molar-refractivity contribution >= 4 is 14.0 Å². The van der Waals surface area contributed by atoms with E-state index in [1.54, 1.807) is 0 Å². The lowest BCUT2D eigenvalue weighted by Gasteiger charge is -2.28. The third kappa shape index (κ3) is 4.05. The number of rotatable bonds is 11. The first-order valence-corrected chi connectivity index (χ1v) is 9.30. The van der Waals surface area contributed by atoms with Crippen LogP contribution in [0.3, 0.4) is 0 Å². The molecule has 0 amide bonds. The zero-order chi connectivity index (χ0) is 15.1. The van der Waals surface area contributed by atoms with Crippen molar-refractivity contribution in [2.24, 2.45) is 0 Å². The summed E-state index contributed by atoms with van der Waals surface area (Å²) in [4.78, 5) is 0. The van der Waals surface area contributed by atoms with Crippen LogP contribution in [-0.2, 0) is 18.0 Å². The molecule has 6 heteroatoms. The Kier molecular flexibility index (Phi) is 6.19. The van der Waals surface area contributed by atoms with Gasteiger partial charge in [0.1, 0.15) is 0 Å². The van der Waals surface area contributed by atoms with Crippen molar-refractivity contribution in [3.63, 3.8) is 0 Å². The summed E-state index contributed by atoms with van der Waals surface area (Å²) < 4.78 is 28.9. The fraction of sp³-hybridized carbons (Fsp3) is 0.600. The molecule has 0 N–H and O–H groups in total. The van der Waals surface area contributed by atoms with Crippen LogP contribution in [0.2, 0.25) is 0 Å². The standard InChI is InChI=1S/C15H24O5Si/c1-4-10-16-11-12-19-21(17-5-2,18-6-3)14-9-7-8-13-15(14)20-13/h7-9H,4-6,10-12H2,1-3H3. The van der Waals surface area contributed by atoms with E-state index in [9.17, 15) is 0 Å². The van der Waals surface area contributed by atoms with Gasteiger partial charge in [-0.25, -0.2) is 0 Å². The quantitative estimate of drug-likeness (QED) is 0.362. The molecule has 0 saturated carbocycles. The summed E-state index contributed by atoms with van der Waals surface area (Å²) in [7, 11) is -2.93. The van der Waals surface area contributed by atoms with Crippen LogP contribution in [0.1, 0.15) is 27.2 Å². The third-order valence-corrected chi connectivity index (χ3v) is 5.99. The van der Waals surface area contributed by atoms with Crippen LogP contribution in [0.25, 0.3) is 0 Å². The molecule has 1 aliphatic heterocycles. The van der Waals surface area contributed by atoms with Gasteiger partial charge in [-0.1, -0.05) is 19.1 Å². The molecule has 1 heterocycles. The van der Waals surface area contributed by atoms with E-state index >= 15 is 0 Å². The zero-order valence-electron chi connectivity index (χ0n) is 13.0. The lowest BCUT2D eigenvalue weighted by atomic mass is 10.4. The molecule has 21 heavy (non-hydrogen) atoms.